The average molecular weight is 253 g/mol. The van der Waals surface area contributed by atoms with Crippen LogP contribution in [0.5, 0.6) is 0 Å². The summed E-state index contributed by atoms with van der Waals surface area (Å²) in [5.74, 6) is 0. The highest BCUT2D eigenvalue weighted by Gasteiger charge is 2.22. The van der Waals surface area contributed by atoms with Gasteiger partial charge in [-0.15, -0.1) is 0 Å². The van der Waals surface area contributed by atoms with Gasteiger partial charge in [0, 0.05) is 32.0 Å². The van der Waals surface area contributed by atoms with Crippen LogP contribution in [-0.4, -0.2) is 34.9 Å². The summed E-state index contributed by atoms with van der Waals surface area (Å²) < 4.78 is 1.99. The van der Waals surface area contributed by atoms with Crippen molar-refractivity contribution in [1.82, 2.24) is 15.2 Å². The Balaban J connectivity index is 2.14. The standard InChI is InChI=1S/C13H23N3O2/c1-13(2,3)11(17)10-15-12(18)14-6-9-16-7-4-5-8-16/h4-5,7-8,11,17H,6,9-10H2,1-3H3,(H2,14,15,18). The van der Waals surface area contributed by atoms with E-state index in [9.17, 15) is 9.90 Å². The summed E-state index contributed by atoms with van der Waals surface area (Å²) in [5, 5.41) is 15.2. The number of urea groups is 1. The quantitative estimate of drug-likeness (QED) is 0.738. The molecule has 0 fully saturated rings. The fraction of sp³-hybridized carbons (Fsp3) is 0.615. The third-order valence-electron chi connectivity index (χ3n) is 2.78. The number of amides is 2. The Morgan fingerprint density at radius 3 is 2.44 bits per heavy atom. The van der Waals surface area contributed by atoms with E-state index in [-0.39, 0.29) is 18.0 Å². The Morgan fingerprint density at radius 1 is 1.28 bits per heavy atom. The first kappa shape index (κ1) is 14.6. The van der Waals surface area contributed by atoms with Crippen molar-refractivity contribution in [2.75, 3.05) is 13.1 Å². The van der Waals surface area contributed by atoms with Crippen LogP contribution in [0.3, 0.4) is 0 Å². The molecular formula is C13H23N3O2. The van der Waals surface area contributed by atoms with Crippen LogP contribution in [0.25, 0.3) is 0 Å². The summed E-state index contributed by atoms with van der Waals surface area (Å²) in [4.78, 5) is 11.5. The van der Waals surface area contributed by atoms with Crippen molar-refractivity contribution in [1.29, 1.82) is 0 Å². The molecule has 1 aromatic heterocycles. The molecule has 5 nitrogen and oxygen atoms in total. The summed E-state index contributed by atoms with van der Waals surface area (Å²) in [6, 6.07) is 3.64. The monoisotopic (exact) mass is 253 g/mol. The van der Waals surface area contributed by atoms with E-state index >= 15 is 0 Å². The topological polar surface area (TPSA) is 66.3 Å². The van der Waals surface area contributed by atoms with Crippen molar-refractivity contribution in [2.45, 2.75) is 33.4 Å². The highest BCUT2D eigenvalue weighted by molar-refractivity contribution is 5.73. The molecule has 1 rings (SSSR count). The minimum Gasteiger partial charge on any atom is -0.391 e. The second-order valence-electron chi connectivity index (χ2n) is 5.44. The second kappa shape index (κ2) is 6.44. The minimum atomic E-state index is -0.548. The predicted octanol–water partition coefficient (Wildman–Crippen LogP) is 1.19. The summed E-state index contributed by atoms with van der Waals surface area (Å²) in [6.45, 7) is 7.36. The van der Waals surface area contributed by atoms with Gasteiger partial charge in [-0.3, -0.25) is 0 Å². The van der Waals surface area contributed by atoms with Crippen LogP contribution in [0.4, 0.5) is 4.79 Å². The lowest BCUT2D eigenvalue weighted by Crippen LogP contribution is -2.44. The van der Waals surface area contributed by atoms with E-state index in [0.717, 1.165) is 6.54 Å². The fourth-order valence-corrected chi connectivity index (χ4v) is 1.38. The van der Waals surface area contributed by atoms with Gasteiger partial charge < -0.3 is 20.3 Å². The van der Waals surface area contributed by atoms with E-state index in [1.807, 2.05) is 49.9 Å². The van der Waals surface area contributed by atoms with Gasteiger partial charge in [0.1, 0.15) is 0 Å². The first-order valence-corrected chi connectivity index (χ1v) is 6.20. The van der Waals surface area contributed by atoms with Crippen molar-refractivity contribution in [3.63, 3.8) is 0 Å². The van der Waals surface area contributed by atoms with Gasteiger partial charge in [-0.2, -0.15) is 0 Å². The molecule has 0 aliphatic carbocycles. The van der Waals surface area contributed by atoms with Gasteiger partial charge in [-0.05, 0) is 17.5 Å². The number of carbonyl (C=O) groups excluding carboxylic acids is 1. The first-order chi connectivity index (χ1) is 8.39. The normalized spacial score (nSPS) is 13.1. The van der Waals surface area contributed by atoms with Gasteiger partial charge in [0.15, 0.2) is 0 Å². The van der Waals surface area contributed by atoms with Crippen LogP contribution in [0.2, 0.25) is 0 Å². The van der Waals surface area contributed by atoms with Gasteiger partial charge in [0.2, 0.25) is 0 Å². The maximum Gasteiger partial charge on any atom is 0.314 e. The van der Waals surface area contributed by atoms with Crippen LogP contribution in [0.1, 0.15) is 20.8 Å². The molecular weight excluding hydrogens is 230 g/mol. The molecule has 0 spiro atoms. The molecule has 0 aliphatic rings. The highest BCUT2D eigenvalue weighted by Crippen LogP contribution is 2.17. The summed E-state index contributed by atoms with van der Waals surface area (Å²) in [6.07, 6.45) is 3.35. The summed E-state index contributed by atoms with van der Waals surface area (Å²) >= 11 is 0. The predicted molar refractivity (Wildman–Crippen MR) is 71.3 cm³/mol. The lowest BCUT2D eigenvalue weighted by Gasteiger charge is -2.25. The largest absolute Gasteiger partial charge is 0.391 e. The SMILES string of the molecule is CC(C)(C)C(O)CNC(=O)NCCn1cccc1. The van der Waals surface area contributed by atoms with E-state index in [0.29, 0.717) is 6.54 Å². The average Bonchev–Trinajstić information content (AvgIpc) is 2.77. The number of nitrogens with zero attached hydrogens (tertiary/aromatic N) is 1. The lowest BCUT2D eigenvalue weighted by atomic mass is 9.89. The Hall–Kier alpha value is -1.49. The Bertz CT molecular complexity index is 355. The molecule has 18 heavy (non-hydrogen) atoms. The zero-order valence-corrected chi connectivity index (χ0v) is 11.3. The number of rotatable bonds is 5. The molecule has 0 aromatic carbocycles. The van der Waals surface area contributed by atoms with E-state index in [4.69, 9.17) is 0 Å². The van der Waals surface area contributed by atoms with Crippen LogP contribution in [0.15, 0.2) is 24.5 Å². The van der Waals surface area contributed by atoms with Crippen molar-refractivity contribution < 1.29 is 9.90 Å². The molecule has 1 atom stereocenters. The van der Waals surface area contributed by atoms with Crippen LogP contribution in [0, 0.1) is 5.41 Å². The number of aliphatic hydroxyl groups excluding tert-OH is 1. The van der Waals surface area contributed by atoms with Crippen LogP contribution >= 0.6 is 0 Å². The number of hydrogen-bond acceptors (Lipinski definition) is 2. The molecule has 1 aromatic rings. The van der Waals surface area contributed by atoms with Crippen LogP contribution in [-0.2, 0) is 6.54 Å². The third kappa shape index (κ3) is 5.23. The fourth-order valence-electron chi connectivity index (χ4n) is 1.38. The Morgan fingerprint density at radius 2 is 1.89 bits per heavy atom. The molecule has 102 valence electrons. The minimum absolute atomic E-state index is 0.224. The van der Waals surface area contributed by atoms with E-state index in [2.05, 4.69) is 10.6 Å². The smallest absolute Gasteiger partial charge is 0.314 e. The molecule has 5 heteroatoms. The molecule has 0 aliphatic heterocycles. The zero-order chi connectivity index (χ0) is 13.6. The molecule has 0 saturated carbocycles. The van der Waals surface area contributed by atoms with Crippen LogP contribution < -0.4 is 10.6 Å². The summed E-state index contributed by atoms with van der Waals surface area (Å²) in [7, 11) is 0. The van der Waals surface area contributed by atoms with Gasteiger partial charge in [0.25, 0.3) is 0 Å². The highest BCUT2D eigenvalue weighted by atomic mass is 16.3. The van der Waals surface area contributed by atoms with E-state index in [1.165, 1.54) is 0 Å². The molecule has 0 radical (unpaired) electrons. The van der Waals surface area contributed by atoms with Gasteiger partial charge in [0.05, 0.1) is 6.10 Å². The molecule has 0 saturated heterocycles. The molecule has 2 amide bonds. The lowest BCUT2D eigenvalue weighted by molar-refractivity contribution is 0.0650. The number of aromatic nitrogens is 1. The van der Waals surface area contributed by atoms with Crippen molar-refractivity contribution in [2.24, 2.45) is 5.41 Å². The maximum absolute atomic E-state index is 11.5. The molecule has 3 N–H and O–H groups in total. The number of aliphatic hydroxyl groups is 1. The summed E-state index contributed by atoms with van der Waals surface area (Å²) in [5.41, 5.74) is -0.224. The van der Waals surface area contributed by atoms with E-state index in [1.54, 1.807) is 0 Å². The number of nitrogens with one attached hydrogen (secondary N) is 2. The van der Waals surface area contributed by atoms with Crippen molar-refractivity contribution >= 4 is 6.03 Å². The van der Waals surface area contributed by atoms with Gasteiger partial charge >= 0.3 is 6.03 Å². The maximum atomic E-state index is 11.5. The second-order valence-corrected chi connectivity index (χ2v) is 5.44. The molecule has 1 heterocycles. The number of hydrogen-bond donors (Lipinski definition) is 3. The number of carbonyl (C=O) groups is 1. The van der Waals surface area contributed by atoms with Gasteiger partial charge in [-0.1, -0.05) is 20.8 Å². The van der Waals surface area contributed by atoms with Crippen molar-refractivity contribution in [3.8, 4) is 0 Å². The Kier molecular flexibility index (Phi) is 5.22. The van der Waals surface area contributed by atoms with E-state index < -0.39 is 6.10 Å². The Labute approximate surface area is 108 Å². The third-order valence-corrected chi connectivity index (χ3v) is 2.78. The first-order valence-electron chi connectivity index (χ1n) is 6.20. The molecule has 0 bridgehead atoms. The van der Waals surface area contributed by atoms with Gasteiger partial charge in [-0.25, -0.2) is 4.79 Å². The van der Waals surface area contributed by atoms with Crippen molar-refractivity contribution in [3.05, 3.63) is 24.5 Å². The zero-order valence-electron chi connectivity index (χ0n) is 11.3. The molecule has 1 unspecified atom stereocenters.